The number of aromatic nitrogens is 2. The number of hydrogen-bond donors (Lipinski definition) is 1. The number of carbonyl (C=O) groups excluding carboxylic acids is 1. The van der Waals surface area contributed by atoms with Crippen molar-refractivity contribution in [1.82, 2.24) is 15.3 Å². The third-order valence-corrected chi connectivity index (χ3v) is 4.47. The summed E-state index contributed by atoms with van der Waals surface area (Å²) in [4.78, 5) is 21.2. The normalized spacial score (nSPS) is 10.4. The van der Waals surface area contributed by atoms with E-state index < -0.39 is 0 Å². The lowest BCUT2D eigenvalue weighted by atomic mass is 10.1. The highest BCUT2D eigenvalue weighted by atomic mass is 32.2. The summed E-state index contributed by atoms with van der Waals surface area (Å²) in [5.74, 6) is -0.0750. The molecular weight excluding hydrogens is 337 g/mol. The second-order valence-electron chi connectivity index (χ2n) is 5.31. The van der Waals surface area contributed by atoms with Gasteiger partial charge in [0.2, 0.25) is 5.91 Å². The van der Waals surface area contributed by atoms with Gasteiger partial charge in [-0.2, -0.15) is 0 Å². The van der Waals surface area contributed by atoms with E-state index in [4.69, 9.17) is 0 Å². The van der Waals surface area contributed by atoms with Crippen molar-refractivity contribution in [3.8, 4) is 11.3 Å². The molecule has 4 nitrogen and oxygen atoms in total. The summed E-state index contributed by atoms with van der Waals surface area (Å²) < 4.78 is 12.8. The van der Waals surface area contributed by atoms with E-state index in [1.54, 1.807) is 30.7 Å². The second-order valence-corrected chi connectivity index (χ2v) is 6.36. The molecule has 0 saturated carbocycles. The van der Waals surface area contributed by atoms with Gasteiger partial charge in [-0.05, 0) is 48.0 Å². The highest BCUT2D eigenvalue weighted by molar-refractivity contribution is 8.00. The van der Waals surface area contributed by atoms with Gasteiger partial charge in [-0.25, -0.2) is 4.39 Å². The zero-order valence-electron chi connectivity index (χ0n) is 13.4. The Morgan fingerprint density at radius 3 is 2.60 bits per heavy atom. The van der Waals surface area contributed by atoms with Gasteiger partial charge in [0, 0.05) is 35.6 Å². The smallest absolute Gasteiger partial charge is 0.230 e. The Morgan fingerprint density at radius 1 is 1.08 bits per heavy atom. The lowest BCUT2D eigenvalue weighted by Crippen LogP contribution is -2.24. The lowest BCUT2D eigenvalue weighted by Gasteiger charge is -2.06. The standard InChI is InChI=1S/C19H16FN3OS/c20-16-4-6-17(7-5-16)25-13-19(24)23-11-14-3-8-18(22-10-14)15-2-1-9-21-12-15/h1-10,12H,11,13H2,(H,23,24). The number of thioether (sulfide) groups is 1. The zero-order chi connectivity index (χ0) is 17.5. The summed E-state index contributed by atoms with van der Waals surface area (Å²) >= 11 is 1.37. The van der Waals surface area contributed by atoms with Gasteiger partial charge < -0.3 is 5.32 Å². The van der Waals surface area contributed by atoms with E-state index in [0.717, 1.165) is 21.7 Å². The minimum absolute atomic E-state index is 0.0781. The molecule has 1 aromatic carbocycles. The highest BCUT2D eigenvalue weighted by Crippen LogP contribution is 2.18. The number of rotatable bonds is 6. The van der Waals surface area contributed by atoms with E-state index in [1.165, 1.54) is 23.9 Å². The van der Waals surface area contributed by atoms with Crippen LogP contribution in [0, 0.1) is 5.82 Å². The van der Waals surface area contributed by atoms with Gasteiger partial charge in [0.1, 0.15) is 5.82 Å². The first kappa shape index (κ1) is 17.1. The van der Waals surface area contributed by atoms with E-state index in [2.05, 4.69) is 15.3 Å². The van der Waals surface area contributed by atoms with Gasteiger partial charge in [0.15, 0.2) is 0 Å². The summed E-state index contributed by atoms with van der Waals surface area (Å²) in [5.41, 5.74) is 2.72. The number of halogens is 1. The van der Waals surface area contributed by atoms with E-state index in [-0.39, 0.29) is 17.5 Å². The van der Waals surface area contributed by atoms with Crippen molar-refractivity contribution >= 4 is 17.7 Å². The van der Waals surface area contributed by atoms with Crippen molar-refractivity contribution in [2.45, 2.75) is 11.4 Å². The van der Waals surface area contributed by atoms with Crippen LogP contribution in [0.3, 0.4) is 0 Å². The molecule has 0 saturated heterocycles. The second kappa shape index (κ2) is 8.39. The summed E-state index contributed by atoms with van der Waals surface area (Å²) in [5, 5.41) is 2.85. The average Bonchev–Trinajstić information content (AvgIpc) is 2.67. The van der Waals surface area contributed by atoms with Gasteiger partial charge >= 0.3 is 0 Å². The summed E-state index contributed by atoms with van der Waals surface area (Å²) in [6.07, 6.45) is 5.23. The van der Waals surface area contributed by atoms with Crippen LogP contribution in [0.15, 0.2) is 72.0 Å². The molecule has 0 unspecified atom stereocenters. The largest absolute Gasteiger partial charge is 0.351 e. The van der Waals surface area contributed by atoms with Gasteiger partial charge in [-0.3, -0.25) is 14.8 Å². The summed E-state index contributed by atoms with van der Waals surface area (Å²) in [6, 6.07) is 13.7. The van der Waals surface area contributed by atoms with Crippen LogP contribution in [-0.2, 0) is 11.3 Å². The Kier molecular flexibility index (Phi) is 5.74. The quantitative estimate of drug-likeness (QED) is 0.687. The van der Waals surface area contributed by atoms with Crippen LogP contribution >= 0.6 is 11.8 Å². The summed E-state index contributed by atoms with van der Waals surface area (Å²) in [6.45, 7) is 0.420. The molecule has 1 N–H and O–H groups in total. The average molecular weight is 353 g/mol. The first-order valence-electron chi connectivity index (χ1n) is 7.71. The number of nitrogens with zero attached hydrogens (tertiary/aromatic N) is 2. The third-order valence-electron chi connectivity index (χ3n) is 3.46. The van der Waals surface area contributed by atoms with Crippen molar-refractivity contribution in [2.75, 3.05) is 5.75 Å². The molecule has 0 fully saturated rings. The monoisotopic (exact) mass is 353 g/mol. The SMILES string of the molecule is O=C(CSc1ccc(F)cc1)NCc1ccc(-c2cccnc2)nc1. The van der Waals surface area contributed by atoms with Gasteiger partial charge in [-0.15, -0.1) is 11.8 Å². The molecule has 0 atom stereocenters. The molecule has 6 heteroatoms. The first-order valence-corrected chi connectivity index (χ1v) is 8.70. The molecule has 0 spiro atoms. The molecule has 126 valence electrons. The predicted octanol–water partition coefficient (Wildman–Crippen LogP) is 3.69. The third kappa shape index (κ3) is 5.12. The Labute approximate surface area is 149 Å². The Hall–Kier alpha value is -2.73. The number of carbonyl (C=O) groups is 1. The van der Waals surface area contributed by atoms with E-state index in [0.29, 0.717) is 6.54 Å². The molecule has 0 radical (unpaired) electrons. The molecule has 2 heterocycles. The number of amides is 1. The molecular formula is C19H16FN3OS. The van der Waals surface area contributed by atoms with Crippen molar-refractivity contribution in [3.05, 3.63) is 78.5 Å². The molecule has 2 aromatic heterocycles. The van der Waals surface area contributed by atoms with Crippen molar-refractivity contribution in [1.29, 1.82) is 0 Å². The molecule has 25 heavy (non-hydrogen) atoms. The van der Waals surface area contributed by atoms with Crippen LogP contribution in [-0.4, -0.2) is 21.6 Å². The van der Waals surface area contributed by atoms with E-state index in [1.807, 2.05) is 24.3 Å². The van der Waals surface area contributed by atoms with E-state index >= 15 is 0 Å². The molecule has 3 aromatic rings. The fraction of sp³-hybridized carbons (Fsp3) is 0.105. The number of hydrogen-bond acceptors (Lipinski definition) is 4. The Bertz CT molecular complexity index is 824. The molecule has 3 rings (SSSR count). The van der Waals surface area contributed by atoms with Crippen LogP contribution in [0.1, 0.15) is 5.56 Å². The molecule has 0 aliphatic carbocycles. The molecule has 0 aliphatic rings. The zero-order valence-corrected chi connectivity index (χ0v) is 14.2. The molecule has 1 amide bonds. The minimum Gasteiger partial charge on any atom is -0.351 e. The predicted molar refractivity (Wildman–Crippen MR) is 96.4 cm³/mol. The Morgan fingerprint density at radius 2 is 1.92 bits per heavy atom. The highest BCUT2D eigenvalue weighted by Gasteiger charge is 2.04. The van der Waals surface area contributed by atoms with Gasteiger partial charge in [0.05, 0.1) is 11.4 Å². The van der Waals surface area contributed by atoms with Crippen molar-refractivity contribution < 1.29 is 9.18 Å². The first-order chi connectivity index (χ1) is 12.2. The van der Waals surface area contributed by atoms with Crippen LogP contribution in [0.4, 0.5) is 4.39 Å². The molecule has 0 aliphatic heterocycles. The van der Waals surface area contributed by atoms with Crippen LogP contribution < -0.4 is 5.32 Å². The fourth-order valence-electron chi connectivity index (χ4n) is 2.15. The maximum atomic E-state index is 12.8. The van der Waals surface area contributed by atoms with Gasteiger partial charge in [0.25, 0.3) is 0 Å². The van der Waals surface area contributed by atoms with E-state index in [9.17, 15) is 9.18 Å². The van der Waals surface area contributed by atoms with Crippen LogP contribution in [0.25, 0.3) is 11.3 Å². The Balaban J connectivity index is 1.48. The minimum atomic E-state index is -0.281. The fourth-order valence-corrected chi connectivity index (χ4v) is 2.87. The number of nitrogens with one attached hydrogen (secondary N) is 1. The molecule has 0 bridgehead atoms. The van der Waals surface area contributed by atoms with Crippen molar-refractivity contribution in [3.63, 3.8) is 0 Å². The number of pyridine rings is 2. The van der Waals surface area contributed by atoms with Gasteiger partial charge in [-0.1, -0.05) is 6.07 Å². The van der Waals surface area contributed by atoms with Crippen molar-refractivity contribution in [2.24, 2.45) is 0 Å². The van der Waals surface area contributed by atoms with Crippen LogP contribution in [0.5, 0.6) is 0 Å². The number of benzene rings is 1. The maximum absolute atomic E-state index is 12.8. The lowest BCUT2D eigenvalue weighted by molar-refractivity contribution is -0.118. The van der Waals surface area contributed by atoms with Crippen LogP contribution in [0.2, 0.25) is 0 Å². The maximum Gasteiger partial charge on any atom is 0.230 e. The summed E-state index contributed by atoms with van der Waals surface area (Å²) in [7, 11) is 0. The topological polar surface area (TPSA) is 54.9 Å².